The van der Waals surface area contributed by atoms with Crippen LogP contribution in [0.4, 0.5) is 0 Å². The summed E-state index contributed by atoms with van der Waals surface area (Å²) in [5.74, 6) is 0.133. The molecule has 0 bridgehead atoms. The molecule has 0 spiro atoms. The fourth-order valence-corrected chi connectivity index (χ4v) is 3.65. The topological polar surface area (TPSA) is 49.8 Å². The van der Waals surface area contributed by atoms with E-state index in [9.17, 15) is 9.90 Å². The molecule has 2 fully saturated rings. The average Bonchev–Trinajstić information content (AvgIpc) is 2.65. The van der Waals surface area contributed by atoms with E-state index in [4.69, 9.17) is 4.74 Å². The molecule has 0 amide bonds. The Morgan fingerprint density at radius 1 is 1.32 bits per heavy atom. The minimum atomic E-state index is -0.728. The van der Waals surface area contributed by atoms with Gasteiger partial charge >= 0.3 is 5.97 Å². The highest BCUT2D eigenvalue weighted by Gasteiger charge is 2.34. The maximum absolute atomic E-state index is 11.3. The van der Waals surface area contributed by atoms with Crippen molar-refractivity contribution < 1.29 is 14.6 Å². The highest BCUT2D eigenvalue weighted by atomic mass is 16.5. The predicted molar refractivity (Wildman–Crippen MR) is 74.2 cm³/mol. The Bertz CT molecular complexity index is 295. The quantitative estimate of drug-likeness (QED) is 0.797. The lowest BCUT2D eigenvalue weighted by atomic mass is 9.95. The van der Waals surface area contributed by atoms with Crippen LogP contribution >= 0.6 is 0 Å². The number of rotatable bonds is 4. The van der Waals surface area contributed by atoms with Crippen LogP contribution in [-0.2, 0) is 9.53 Å². The third-order valence-electron chi connectivity index (χ3n) is 4.68. The van der Waals surface area contributed by atoms with Gasteiger partial charge < -0.3 is 9.84 Å². The van der Waals surface area contributed by atoms with E-state index in [2.05, 4.69) is 11.8 Å². The van der Waals surface area contributed by atoms with Crippen LogP contribution in [0.25, 0.3) is 0 Å². The second kappa shape index (κ2) is 7.25. The first-order chi connectivity index (χ1) is 9.22. The van der Waals surface area contributed by atoms with Gasteiger partial charge in [0.25, 0.3) is 0 Å². The summed E-state index contributed by atoms with van der Waals surface area (Å²) >= 11 is 0. The number of morpholine rings is 1. The first kappa shape index (κ1) is 14.8. The van der Waals surface area contributed by atoms with Gasteiger partial charge in [-0.2, -0.15) is 0 Å². The molecule has 1 aliphatic carbocycles. The van der Waals surface area contributed by atoms with Gasteiger partial charge in [0.1, 0.15) is 6.04 Å². The summed E-state index contributed by atoms with van der Waals surface area (Å²) in [7, 11) is 0. The van der Waals surface area contributed by atoms with E-state index in [1.54, 1.807) is 0 Å². The minimum absolute atomic E-state index is 0.351. The molecule has 3 atom stereocenters. The lowest BCUT2D eigenvalue weighted by molar-refractivity contribution is -0.151. The fraction of sp³-hybridized carbons (Fsp3) is 0.933. The number of carboxylic acid groups (broad SMARTS) is 1. The Balaban J connectivity index is 1.94. The first-order valence-electron chi connectivity index (χ1n) is 7.78. The van der Waals surface area contributed by atoms with Gasteiger partial charge in [0.2, 0.25) is 0 Å². The molecular weight excluding hydrogens is 242 g/mol. The normalized spacial score (nSPS) is 33.8. The molecule has 4 nitrogen and oxygen atoms in total. The van der Waals surface area contributed by atoms with Crippen LogP contribution in [0.15, 0.2) is 0 Å². The van der Waals surface area contributed by atoms with Crippen LogP contribution in [0.1, 0.15) is 51.9 Å². The SMILES string of the molecule is CCCC1CCCC(N2CCOCC2C(=O)O)CC1. The number of ether oxygens (including phenoxy) is 1. The maximum atomic E-state index is 11.3. The fourth-order valence-electron chi connectivity index (χ4n) is 3.65. The van der Waals surface area contributed by atoms with Gasteiger partial charge in [-0.1, -0.05) is 32.6 Å². The zero-order valence-corrected chi connectivity index (χ0v) is 12.0. The Morgan fingerprint density at radius 3 is 2.89 bits per heavy atom. The standard InChI is InChI=1S/C15H27NO3/c1-2-4-12-5-3-6-13(8-7-12)16-9-10-19-11-14(16)15(17)18/h12-14H,2-11H2,1H3,(H,17,18). The average molecular weight is 269 g/mol. The number of carboxylic acids is 1. The molecule has 0 aromatic carbocycles. The van der Waals surface area contributed by atoms with Gasteiger partial charge in [-0.05, 0) is 25.2 Å². The summed E-state index contributed by atoms with van der Waals surface area (Å²) in [4.78, 5) is 13.5. The van der Waals surface area contributed by atoms with Gasteiger partial charge in [-0.15, -0.1) is 0 Å². The summed E-state index contributed by atoms with van der Waals surface area (Å²) in [6.45, 7) is 4.06. The molecule has 0 aromatic heterocycles. The molecule has 110 valence electrons. The Kier molecular flexibility index (Phi) is 5.64. The third-order valence-corrected chi connectivity index (χ3v) is 4.68. The molecule has 1 aliphatic heterocycles. The Hall–Kier alpha value is -0.610. The predicted octanol–water partition coefficient (Wildman–Crippen LogP) is 2.52. The van der Waals surface area contributed by atoms with Gasteiger partial charge in [0.15, 0.2) is 0 Å². The van der Waals surface area contributed by atoms with Gasteiger partial charge in [0, 0.05) is 12.6 Å². The molecule has 0 aromatic rings. The summed E-state index contributed by atoms with van der Waals surface area (Å²) < 4.78 is 5.33. The van der Waals surface area contributed by atoms with Crippen LogP contribution in [0, 0.1) is 5.92 Å². The maximum Gasteiger partial charge on any atom is 0.323 e. The largest absolute Gasteiger partial charge is 0.480 e. The number of hydrogen-bond acceptors (Lipinski definition) is 3. The highest BCUT2D eigenvalue weighted by molar-refractivity contribution is 5.73. The van der Waals surface area contributed by atoms with E-state index in [1.807, 2.05) is 0 Å². The summed E-state index contributed by atoms with van der Waals surface area (Å²) in [6, 6.07) is 0.0216. The van der Waals surface area contributed by atoms with E-state index < -0.39 is 12.0 Å². The monoisotopic (exact) mass is 269 g/mol. The van der Waals surface area contributed by atoms with E-state index in [0.29, 0.717) is 19.3 Å². The molecule has 1 saturated heterocycles. The van der Waals surface area contributed by atoms with E-state index in [0.717, 1.165) is 25.3 Å². The van der Waals surface area contributed by atoms with E-state index in [-0.39, 0.29) is 0 Å². The third kappa shape index (κ3) is 3.93. The molecule has 1 N–H and O–H groups in total. The van der Waals surface area contributed by atoms with E-state index in [1.165, 1.54) is 32.1 Å². The molecule has 2 aliphatic rings. The molecular formula is C15H27NO3. The summed E-state index contributed by atoms with van der Waals surface area (Å²) in [5.41, 5.74) is 0. The second-order valence-electron chi connectivity index (χ2n) is 5.98. The zero-order chi connectivity index (χ0) is 13.7. The summed E-state index contributed by atoms with van der Waals surface area (Å²) in [5, 5.41) is 9.32. The number of nitrogens with zero attached hydrogens (tertiary/aromatic N) is 1. The molecule has 2 rings (SSSR count). The van der Waals surface area contributed by atoms with Crippen molar-refractivity contribution in [3.8, 4) is 0 Å². The number of aliphatic carboxylic acids is 1. The van der Waals surface area contributed by atoms with Crippen LogP contribution in [-0.4, -0.2) is 47.8 Å². The van der Waals surface area contributed by atoms with Crippen molar-refractivity contribution in [2.45, 2.75) is 64.0 Å². The van der Waals surface area contributed by atoms with E-state index >= 15 is 0 Å². The van der Waals surface area contributed by atoms with Gasteiger partial charge in [0.05, 0.1) is 13.2 Å². The van der Waals surface area contributed by atoms with Crippen molar-refractivity contribution in [2.24, 2.45) is 5.92 Å². The van der Waals surface area contributed by atoms with Crippen LogP contribution in [0.5, 0.6) is 0 Å². The summed E-state index contributed by atoms with van der Waals surface area (Å²) in [6.07, 6.45) is 8.76. The lowest BCUT2D eigenvalue weighted by Gasteiger charge is -2.38. The highest BCUT2D eigenvalue weighted by Crippen LogP contribution is 2.30. The minimum Gasteiger partial charge on any atom is -0.480 e. The van der Waals surface area contributed by atoms with Gasteiger partial charge in [-0.3, -0.25) is 9.69 Å². The second-order valence-corrected chi connectivity index (χ2v) is 5.98. The Morgan fingerprint density at radius 2 is 2.16 bits per heavy atom. The molecule has 1 heterocycles. The van der Waals surface area contributed by atoms with Crippen molar-refractivity contribution in [1.29, 1.82) is 0 Å². The molecule has 0 radical (unpaired) electrons. The first-order valence-corrected chi connectivity index (χ1v) is 7.78. The molecule has 19 heavy (non-hydrogen) atoms. The van der Waals surface area contributed by atoms with Crippen molar-refractivity contribution in [3.63, 3.8) is 0 Å². The van der Waals surface area contributed by atoms with Gasteiger partial charge in [-0.25, -0.2) is 0 Å². The lowest BCUT2D eigenvalue weighted by Crippen LogP contribution is -2.54. The van der Waals surface area contributed by atoms with Crippen LogP contribution in [0.3, 0.4) is 0 Å². The van der Waals surface area contributed by atoms with Crippen molar-refractivity contribution >= 4 is 5.97 Å². The van der Waals surface area contributed by atoms with Crippen molar-refractivity contribution in [1.82, 2.24) is 4.90 Å². The van der Waals surface area contributed by atoms with Crippen molar-refractivity contribution in [2.75, 3.05) is 19.8 Å². The van der Waals surface area contributed by atoms with Crippen LogP contribution < -0.4 is 0 Å². The zero-order valence-electron chi connectivity index (χ0n) is 12.0. The van der Waals surface area contributed by atoms with Crippen molar-refractivity contribution in [3.05, 3.63) is 0 Å². The smallest absolute Gasteiger partial charge is 0.323 e. The van der Waals surface area contributed by atoms with Crippen LogP contribution in [0.2, 0.25) is 0 Å². The molecule has 3 unspecified atom stereocenters. The molecule has 1 saturated carbocycles. The number of carbonyl (C=O) groups is 1. The Labute approximate surface area is 116 Å². The number of hydrogen-bond donors (Lipinski definition) is 1. The molecule has 4 heteroatoms.